The molecule has 0 saturated heterocycles. The number of hydrogen-bond acceptors (Lipinski definition) is 8. The first-order valence-electron chi connectivity index (χ1n) is 14.0. The van der Waals surface area contributed by atoms with E-state index >= 15 is 0 Å². The van der Waals surface area contributed by atoms with Crippen LogP contribution in [0.2, 0.25) is 0 Å². The van der Waals surface area contributed by atoms with Crippen molar-refractivity contribution in [2.24, 2.45) is 5.92 Å². The van der Waals surface area contributed by atoms with Crippen molar-refractivity contribution in [3.8, 4) is 0 Å². The van der Waals surface area contributed by atoms with Gasteiger partial charge in [0.1, 0.15) is 24.3 Å². The molecule has 220 valence electrons. The molecular formula is C29H41N3O8. The third-order valence-electron chi connectivity index (χ3n) is 6.38. The summed E-state index contributed by atoms with van der Waals surface area (Å²) < 4.78 is 10.4. The molecule has 0 radical (unpaired) electrons. The summed E-state index contributed by atoms with van der Waals surface area (Å²) in [6, 6.07) is 6.80. The summed E-state index contributed by atoms with van der Waals surface area (Å²) >= 11 is 0. The second-order valence-electron chi connectivity index (χ2n) is 9.72. The van der Waals surface area contributed by atoms with E-state index in [0.29, 0.717) is 44.5 Å². The highest BCUT2D eigenvalue weighted by molar-refractivity contribution is 6.04. The van der Waals surface area contributed by atoms with Gasteiger partial charge in [0, 0.05) is 51.1 Å². The van der Waals surface area contributed by atoms with Gasteiger partial charge in [0.25, 0.3) is 0 Å². The molecule has 3 N–H and O–H groups in total. The van der Waals surface area contributed by atoms with Crippen LogP contribution in [0.1, 0.15) is 69.8 Å². The number of ketones is 2. The van der Waals surface area contributed by atoms with Gasteiger partial charge < -0.3 is 30.2 Å². The van der Waals surface area contributed by atoms with Crippen LogP contribution in [0.5, 0.6) is 0 Å². The highest BCUT2D eigenvalue weighted by Gasteiger charge is 2.28. The predicted octanol–water partition coefficient (Wildman–Crippen LogP) is 2.89. The average molecular weight is 560 g/mol. The van der Waals surface area contributed by atoms with Crippen molar-refractivity contribution in [2.45, 2.75) is 70.6 Å². The third-order valence-corrected chi connectivity index (χ3v) is 6.38. The van der Waals surface area contributed by atoms with Gasteiger partial charge in [0.05, 0.1) is 19.1 Å². The lowest BCUT2D eigenvalue weighted by molar-refractivity contribution is -0.134. The van der Waals surface area contributed by atoms with Crippen LogP contribution in [0, 0.1) is 5.92 Å². The summed E-state index contributed by atoms with van der Waals surface area (Å²) in [6.07, 6.45) is 6.63. The Labute approximate surface area is 235 Å². The monoisotopic (exact) mass is 559 g/mol. The third kappa shape index (κ3) is 14.0. The Kier molecular flexibility index (Phi) is 15.9. The molecule has 1 aromatic carbocycles. The van der Waals surface area contributed by atoms with Crippen molar-refractivity contribution >= 4 is 41.4 Å². The largest absolute Gasteiger partial charge is 0.449 e. The maximum atomic E-state index is 12.5. The number of carbonyl (C=O) groups is 6. The maximum Gasteiger partial charge on any atom is 0.407 e. The number of carbonyl (C=O) groups excluding carboxylic acids is 6. The minimum absolute atomic E-state index is 0.0345. The lowest BCUT2D eigenvalue weighted by Crippen LogP contribution is -2.31. The Hall–Kier alpha value is -3.60. The fourth-order valence-corrected chi connectivity index (χ4v) is 4.23. The van der Waals surface area contributed by atoms with Crippen molar-refractivity contribution in [1.29, 1.82) is 0 Å². The number of ether oxygens (including phenoxy) is 2. The number of hydrogen-bond donors (Lipinski definition) is 3. The molecule has 1 aromatic rings. The highest BCUT2D eigenvalue weighted by atomic mass is 16.5. The van der Waals surface area contributed by atoms with E-state index < -0.39 is 23.8 Å². The van der Waals surface area contributed by atoms with Crippen molar-refractivity contribution < 1.29 is 38.2 Å². The molecule has 1 aliphatic carbocycles. The van der Waals surface area contributed by atoms with Crippen LogP contribution in [-0.2, 0) is 39.9 Å². The minimum atomic E-state index is -0.494. The highest BCUT2D eigenvalue weighted by Crippen LogP contribution is 2.23. The number of amides is 3. The number of aldehydes is 1. The smallest absolute Gasteiger partial charge is 0.407 e. The van der Waals surface area contributed by atoms with Crippen molar-refractivity contribution in [2.75, 3.05) is 38.2 Å². The maximum absolute atomic E-state index is 12.5. The van der Waals surface area contributed by atoms with Crippen LogP contribution < -0.4 is 16.0 Å². The van der Waals surface area contributed by atoms with E-state index in [-0.39, 0.29) is 44.2 Å². The molecule has 1 unspecified atom stereocenters. The quantitative estimate of drug-likeness (QED) is 0.133. The van der Waals surface area contributed by atoms with E-state index in [1.807, 2.05) is 0 Å². The van der Waals surface area contributed by atoms with Crippen LogP contribution in [0.3, 0.4) is 0 Å². The van der Waals surface area contributed by atoms with E-state index in [1.165, 1.54) is 0 Å². The second-order valence-corrected chi connectivity index (χ2v) is 9.72. The molecule has 0 bridgehead atoms. The summed E-state index contributed by atoms with van der Waals surface area (Å²) in [5.74, 6) is -1.43. The Morgan fingerprint density at radius 1 is 0.875 bits per heavy atom. The Bertz CT molecular complexity index is 980. The standard InChI is InChI=1S/C29H41N3O8/c33-16-6-2-1-5-14-31-29(38)40-18-7-17-39-19-15-30-27(36)21-28(37)32-23-12-10-22(11-13-23)20-26(35)24-8-3-4-9-25(24)34/h10-13,16,24H,1-9,14-15,17-21H2,(H,30,36)(H,31,38)(H,32,37). The van der Waals surface area contributed by atoms with Crippen LogP contribution >= 0.6 is 0 Å². The molecule has 11 nitrogen and oxygen atoms in total. The topological polar surface area (TPSA) is 157 Å². The zero-order valence-electron chi connectivity index (χ0n) is 23.0. The van der Waals surface area contributed by atoms with Crippen LogP contribution in [0.4, 0.5) is 10.5 Å². The van der Waals surface area contributed by atoms with E-state index in [2.05, 4.69) is 16.0 Å². The molecule has 40 heavy (non-hydrogen) atoms. The Balaban J connectivity index is 1.49. The SMILES string of the molecule is O=CCCCCCNC(=O)OCCCOCCNC(=O)CC(=O)Nc1ccc(CC(=O)C2CCCCC2=O)cc1. The molecule has 0 spiro atoms. The van der Waals surface area contributed by atoms with Crippen LogP contribution in [0.25, 0.3) is 0 Å². The first kappa shape index (κ1) is 32.6. The predicted molar refractivity (Wildman–Crippen MR) is 148 cm³/mol. The van der Waals surface area contributed by atoms with Crippen molar-refractivity contribution in [3.63, 3.8) is 0 Å². The van der Waals surface area contributed by atoms with Crippen molar-refractivity contribution in [3.05, 3.63) is 29.8 Å². The molecular weight excluding hydrogens is 518 g/mol. The lowest BCUT2D eigenvalue weighted by Gasteiger charge is -2.19. The normalized spacial score (nSPS) is 14.7. The van der Waals surface area contributed by atoms with Crippen molar-refractivity contribution in [1.82, 2.24) is 10.6 Å². The molecule has 1 aliphatic rings. The molecule has 0 heterocycles. The van der Waals surface area contributed by atoms with Gasteiger partial charge in [-0.2, -0.15) is 0 Å². The fraction of sp³-hybridized carbons (Fsp3) is 0.586. The summed E-state index contributed by atoms with van der Waals surface area (Å²) in [7, 11) is 0. The summed E-state index contributed by atoms with van der Waals surface area (Å²) in [6.45, 7) is 1.57. The number of benzene rings is 1. The molecule has 1 saturated carbocycles. The zero-order valence-corrected chi connectivity index (χ0v) is 23.0. The molecule has 0 aliphatic heterocycles. The summed E-state index contributed by atoms with van der Waals surface area (Å²) in [5.41, 5.74) is 1.28. The first-order valence-corrected chi connectivity index (χ1v) is 14.0. The molecule has 1 atom stereocenters. The number of rotatable bonds is 19. The van der Waals surface area contributed by atoms with Crippen LogP contribution in [-0.4, -0.2) is 68.7 Å². The minimum Gasteiger partial charge on any atom is -0.449 e. The molecule has 2 rings (SSSR count). The Morgan fingerprint density at radius 3 is 2.42 bits per heavy atom. The Morgan fingerprint density at radius 2 is 1.68 bits per heavy atom. The molecule has 3 amide bonds. The number of anilines is 1. The van der Waals surface area contributed by atoms with Gasteiger partial charge in [-0.05, 0) is 43.4 Å². The van der Waals surface area contributed by atoms with E-state index in [4.69, 9.17) is 9.47 Å². The summed E-state index contributed by atoms with van der Waals surface area (Å²) in [5, 5.41) is 7.91. The molecule has 11 heteroatoms. The van der Waals surface area contributed by atoms with Gasteiger partial charge >= 0.3 is 6.09 Å². The van der Waals surface area contributed by atoms with Gasteiger partial charge in [-0.15, -0.1) is 0 Å². The summed E-state index contributed by atoms with van der Waals surface area (Å²) in [4.78, 5) is 70.3. The fourth-order valence-electron chi connectivity index (χ4n) is 4.23. The zero-order chi connectivity index (χ0) is 29.0. The number of Topliss-reactive ketones (excluding diaryl/α,β-unsaturated/α-hetero) is 2. The van der Waals surface area contributed by atoms with E-state index in [9.17, 15) is 28.8 Å². The number of nitrogens with one attached hydrogen (secondary N) is 3. The number of alkyl carbamates (subject to hydrolysis) is 1. The lowest BCUT2D eigenvalue weighted by atomic mass is 9.83. The molecule has 1 fully saturated rings. The van der Waals surface area contributed by atoms with E-state index in [1.54, 1.807) is 24.3 Å². The van der Waals surface area contributed by atoms with Crippen LogP contribution in [0.15, 0.2) is 24.3 Å². The second kappa shape index (κ2) is 19.5. The first-order chi connectivity index (χ1) is 19.4. The molecule has 0 aromatic heterocycles. The number of unbranched alkanes of at least 4 members (excludes halogenated alkanes) is 3. The van der Waals surface area contributed by atoms with E-state index in [0.717, 1.165) is 44.0 Å². The van der Waals surface area contributed by atoms with Gasteiger partial charge in [-0.3, -0.25) is 19.2 Å². The van der Waals surface area contributed by atoms with Gasteiger partial charge in [-0.1, -0.05) is 25.0 Å². The van der Waals surface area contributed by atoms with Gasteiger partial charge in [-0.25, -0.2) is 4.79 Å². The van der Waals surface area contributed by atoms with Gasteiger partial charge in [0.2, 0.25) is 11.8 Å². The van der Waals surface area contributed by atoms with Gasteiger partial charge in [0.15, 0.2) is 0 Å². The average Bonchev–Trinajstić information content (AvgIpc) is 2.93.